The molecule has 0 aromatic carbocycles. The normalized spacial score (nSPS) is 17.6. The standard InChI is InChI=1S/C15H25NO3/c1-10(2)12(14(18)19-15(3,4)5)16-13(17)11-8-6-7-9-11/h6-7,10-12H,8-9H2,1-5H3,(H,16,17)/t12-/m0/s1. The van der Waals surface area contributed by atoms with Crippen LogP contribution in [0, 0.1) is 11.8 Å². The molecule has 0 spiro atoms. The monoisotopic (exact) mass is 267 g/mol. The number of nitrogens with one attached hydrogen (secondary N) is 1. The van der Waals surface area contributed by atoms with Gasteiger partial charge in [0.25, 0.3) is 0 Å². The van der Waals surface area contributed by atoms with Crippen LogP contribution in [0.3, 0.4) is 0 Å². The molecule has 0 saturated heterocycles. The van der Waals surface area contributed by atoms with Gasteiger partial charge < -0.3 is 10.1 Å². The number of amides is 1. The van der Waals surface area contributed by atoms with Crippen molar-refractivity contribution < 1.29 is 14.3 Å². The second-order valence-corrected chi connectivity index (χ2v) is 6.40. The molecule has 1 N–H and O–H groups in total. The lowest BCUT2D eigenvalue weighted by atomic mass is 10.0. The van der Waals surface area contributed by atoms with Crippen molar-refractivity contribution in [2.75, 3.05) is 0 Å². The largest absolute Gasteiger partial charge is 0.458 e. The Morgan fingerprint density at radius 1 is 1.21 bits per heavy atom. The highest BCUT2D eigenvalue weighted by Crippen LogP contribution is 2.19. The molecule has 0 aromatic rings. The second-order valence-electron chi connectivity index (χ2n) is 6.40. The van der Waals surface area contributed by atoms with Crippen LogP contribution in [0.5, 0.6) is 0 Å². The first-order valence-electron chi connectivity index (χ1n) is 6.89. The minimum Gasteiger partial charge on any atom is -0.458 e. The Bertz CT molecular complexity index is 358. The molecule has 4 heteroatoms. The fraction of sp³-hybridized carbons (Fsp3) is 0.733. The van der Waals surface area contributed by atoms with Crippen molar-refractivity contribution in [3.05, 3.63) is 12.2 Å². The third kappa shape index (κ3) is 5.05. The second kappa shape index (κ2) is 6.22. The molecule has 0 heterocycles. The molecule has 19 heavy (non-hydrogen) atoms. The quantitative estimate of drug-likeness (QED) is 0.628. The van der Waals surface area contributed by atoms with E-state index < -0.39 is 11.6 Å². The summed E-state index contributed by atoms with van der Waals surface area (Å²) in [5.41, 5.74) is -0.538. The third-order valence-electron chi connectivity index (χ3n) is 3.00. The highest BCUT2D eigenvalue weighted by Gasteiger charge is 2.31. The number of ether oxygens (including phenoxy) is 1. The van der Waals surface area contributed by atoms with E-state index in [1.54, 1.807) is 0 Å². The van der Waals surface area contributed by atoms with E-state index in [2.05, 4.69) is 5.32 Å². The predicted molar refractivity (Wildman–Crippen MR) is 74.5 cm³/mol. The topological polar surface area (TPSA) is 55.4 Å². The molecule has 0 bridgehead atoms. The van der Waals surface area contributed by atoms with Crippen molar-refractivity contribution in [3.63, 3.8) is 0 Å². The van der Waals surface area contributed by atoms with Gasteiger partial charge in [0.1, 0.15) is 11.6 Å². The predicted octanol–water partition coefficient (Wildman–Crippen LogP) is 2.44. The highest BCUT2D eigenvalue weighted by atomic mass is 16.6. The molecule has 0 saturated carbocycles. The summed E-state index contributed by atoms with van der Waals surface area (Å²) in [5.74, 6) is -0.451. The van der Waals surface area contributed by atoms with Crippen LogP contribution in [0.2, 0.25) is 0 Å². The van der Waals surface area contributed by atoms with Crippen LogP contribution in [0.25, 0.3) is 0 Å². The van der Waals surface area contributed by atoms with Gasteiger partial charge in [-0.3, -0.25) is 4.79 Å². The van der Waals surface area contributed by atoms with E-state index in [1.165, 1.54) is 0 Å². The molecule has 1 aliphatic carbocycles. The molecule has 0 aliphatic heterocycles. The molecule has 1 amide bonds. The summed E-state index contributed by atoms with van der Waals surface area (Å²) in [6.07, 6.45) is 5.51. The van der Waals surface area contributed by atoms with Crippen LogP contribution in [-0.2, 0) is 14.3 Å². The smallest absolute Gasteiger partial charge is 0.329 e. The zero-order chi connectivity index (χ0) is 14.6. The summed E-state index contributed by atoms with van der Waals surface area (Å²) in [7, 11) is 0. The van der Waals surface area contributed by atoms with Crippen LogP contribution < -0.4 is 5.32 Å². The van der Waals surface area contributed by atoms with Crippen LogP contribution in [0.1, 0.15) is 47.5 Å². The molecule has 0 aromatic heterocycles. The molecule has 1 aliphatic rings. The third-order valence-corrected chi connectivity index (χ3v) is 3.00. The molecule has 0 unspecified atom stereocenters. The van der Waals surface area contributed by atoms with Gasteiger partial charge in [0.2, 0.25) is 5.91 Å². The van der Waals surface area contributed by atoms with Gasteiger partial charge in [-0.1, -0.05) is 26.0 Å². The van der Waals surface area contributed by atoms with Crippen molar-refractivity contribution in [2.24, 2.45) is 11.8 Å². The van der Waals surface area contributed by atoms with Gasteiger partial charge in [0.15, 0.2) is 0 Å². The molecule has 0 fully saturated rings. The number of esters is 1. The highest BCUT2D eigenvalue weighted by molar-refractivity contribution is 5.86. The number of rotatable bonds is 4. The number of hydrogen-bond donors (Lipinski definition) is 1. The Morgan fingerprint density at radius 2 is 1.74 bits per heavy atom. The maximum absolute atomic E-state index is 12.1. The summed E-state index contributed by atoms with van der Waals surface area (Å²) in [4.78, 5) is 24.2. The van der Waals surface area contributed by atoms with Crippen LogP contribution in [0.15, 0.2) is 12.2 Å². The van der Waals surface area contributed by atoms with Crippen molar-refractivity contribution in [2.45, 2.75) is 59.1 Å². The van der Waals surface area contributed by atoms with E-state index in [4.69, 9.17) is 4.74 Å². The fourth-order valence-electron chi connectivity index (χ4n) is 1.97. The number of carbonyl (C=O) groups is 2. The Kier molecular flexibility index (Phi) is 5.15. The number of allylic oxidation sites excluding steroid dienone is 2. The maximum Gasteiger partial charge on any atom is 0.329 e. The zero-order valence-electron chi connectivity index (χ0n) is 12.5. The Hall–Kier alpha value is -1.32. The molecule has 4 nitrogen and oxygen atoms in total. The van der Waals surface area contributed by atoms with E-state index in [1.807, 2.05) is 46.8 Å². The molecule has 108 valence electrons. The lowest BCUT2D eigenvalue weighted by Gasteiger charge is -2.27. The molecule has 1 rings (SSSR count). The van der Waals surface area contributed by atoms with Gasteiger partial charge >= 0.3 is 5.97 Å². The Labute approximate surface area is 115 Å². The summed E-state index contributed by atoms with van der Waals surface area (Å²) in [6, 6.07) is -0.577. The molecule has 0 radical (unpaired) electrons. The number of carbonyl (C=O) groups excluding carboxylic acids is 2. The van der Waals surface area contributed by atoms with Crippen molar-refractivity contribution in [1.29, 1.82) is 0 Å². The molecular weight excluding hydrogens is 242 g/mol. The van der Waals surface area contributed by atoms with Crippen LogP contribution >= 0.6 is 0 Å². The maximum atomic E-state index is 12.1. The van der Waals surface area contributed by atoms with Gasteiger partial charge in [-0.25, -0.2) is 4.79 Å². The van der Waals surface area contributed by atoms with Crippen molar-refractivity contribution in [1.82, 2.24) is 5.32 Å². The van der Waals surface area contributed by atoms with Gasteiger partial charge in [0, 0.05) is 5.92 Å². The first kappa shape index (κ1) is 15.7. The molecule has 1 atom stereocenters. The Morgan fingerprint density at radius 3 is 2.16 bits per heavy atom. The minimum absolute atomic E-state index is 0.00756. The first-order valence-corrected chi connectivity index (χ1v) is 6.89. The average Bonchev–Trinajstić information content (AvgIpc) is 2.75. The lowest BCUT2D eigenvalue weighted by molar-refractivity contribution is -0.160. The van der Waals surface area contributed by atoms with E-state index in [-0.39, 0.29) is 23.7 Å². The summed E-state index contributed by atoms with van der Waals surface area (Å²) in [5, 5.41) is 2.83. The van der Waals surface area contributed by atoms with E-state index >= 15 is 0 Å². The van der Waals surface area contributed by atoms with Gasteiger partial charge in [0.05, 0.1) is 0 Å². The van der Waals surface area contributed by atoms with E-state index in [9.17, 15) is 9.59 Å². The average molecular weight is 267 g/mol. The fourth-order valence-corrected chi connectivity index (χ4v) is 1.97. The summed E-state index contributed by atoms with van der Waals surface area (Å²) >= 11 is 0. The van der Waals surface area contributed by atoms with Gasteiger partial charge in [-0.2, -0.15) is 0 Å². The summed E-state index contributed by atoms with van der Waals surface area (Å²) in [6.45, 7) is 9.28. The Balaban J connectivity index is 2.62. The number of hydrogen-bond acceptors (Lipinski definition) is 3. The zero-order valence-corrected chi connectivity index (χ0v) is 12.5. The first-order chi connectivity index (χ1) is 8.70. The lowest BCUT2D eigenvalue weighted by Crippen LogP contribution is -2.48. The van der Waals surface area contributed by atoms with Gasteiger partial charge in [-0.05, 0) is 39.5 Å². The SMILES string of the molecule is CC(C)[C@H](NC(=O)C1CC=CC1)C(=O)OC(C)(C)C. The van der Waals surface area contributed by atoms with Crippen molar-refractivity contribution in [3.8, 4) is 0 Å². The van der Waals surface area contributed by atoms with E-state index in [0.29, 0.717) is 0 Å². The van der Waals surface area contributed by atoms with Crippen LogP contribution in [-0.4, -0.2) is 23.5 Å². The minimum atomic E-state index is -0.577. The summed E-state index contributed by atoms with van der Waals surface area (Å²) < 4.78 is 5.36. The van der Waals surface area contributed by atoms with Gasteiger partial charge in [-0.15, -0.1) is 0 Å². The molecular formula is C15H25NO3. The van der Waals surface area contributed by atoms with E-state index in [0.717, 1.165) is 12.8 Å². The van der Waals surface area contributed by atoms with Crippen molar-refractivity contribution >= 4 is 11.9 Å². The van der Waals surface area contributed by atoms with Crippen LogP contribution in [0.4, 0.5) is 0 Å².